The highest BCUT2D eigenvalue weighted by molar-refractivity contribution is 5.96. The topological polar surface area (TPSA) is 70.7 Å². The fraction of sp³-hybridized carbons (Fsp3) is 0.467. The van der Waals surface area contributed by atoms with E-state index in [4.69, 9.17) is 4.74 Å². The number of carbonyl (C=O) groups is 2. The van der Waals surface area contributed by atoms with Crippen LogP contribution in [0.3, 0.4) is 0 Å². The maximum absolute atomic E-state index is 11.8. The van der Waals surface area contributed by atoms with Gasteiger partial charge in [-0.15, -0.1) is 0 Å². The molecular formula is C15H21N3O3. The second-order valence-corrected chi connectivity index (χ2v) is 5.11. The lowest BCUT2D eigenvalue weighted by atomic mass is 10.2. The molecule has 1 aromatic carbocycles. The van der Waals surface area contributed by atoms with Gasteiger partial charge in [0, 0.05) is 25.2 Å². The minimum atomic E-state index is -0.251. The first-order valence-electron chi connectivity index (χ1n) is 7.05. The van der Waals surface area contributed by atoms with E-state index >= 15 is 0 Å². The molecule has 1 heterocycles. The molecule has 0 spiro atoms. The minimum Gasteiger partial charge on any atom is -0.374 e. The molecule has 1 saturated heterocycles. The molecule has 1 fully saturated rings. The summed E-state index contributed by atoms with van der Waals surface area (Å²) < 4.78 is 5.55. The summed E-state index contributed by atoms with van der Waals surface area (Å²) in [5.74, 6) is -0.462. The Kier molecular flexibility index (Phi) is 5.71. The van der Waals surface area contributed by atoms with Crippen LogP contribution in [0.2, 0.25) is 0 Å². The van der Waals surface area contributed by atoms with Crippen molar-refractivity contribution in [1.82, 2.24) is 15.5 Å². The lowest BCUT2D eigenvalue weighted by molar-refractivity contribution is -0.121. The highest BCUT2D eigenvalue weighted by Gasteiger charge is 2.18. The van der Waals surface area contributed by atoms with E-state index in [-0.39, 0.29) is 24.5 Å². The fourth-order valence-electron chi connectivity index (χ4n) is 2.13. The molecular weight excluding hydrogens is 270 g/mol. The van der Waals surface area contributed by atoms with Crippen molar-refractivity contribution in [2.45, 2.75) is 6.10 Å². The Labute approximate surface area is 124 Å². The number of nitrogens with one attached hydrogen (secondary N) is 2. The minimum absolute atomic E-state index is 0.0116. The van der Waals surface area contributed by atoms with Gasteiger partial charge < -0.3 is 20.3 Å². The summed E-state index contributed by atoms with van der Waals surface area (Å²) in [5.41, 5.74) is 0.544. The Hall–Kier alpha value is -1.92. The third-order valence-electron chi connectivity index (χ3n) is 3.31. The van der Waals surface area contributed by atoms with Crippen LogP contribution in [0.15, 0.2) is 30.3 Å². The average molecular weight is 291 g/mol. The standard InChI is InChI=1S/C15H21N3O3/c1-18-7-8-21-13(11-18)9-16-14(19)10-17-15(20)12-5-3-2-4-6-12/h2-6,13H,7-11H2,1H3,(H,16,19)(H,17,20). The highest BCUT2D eigenvalue weighted by Crippen LogP contribution is 2.01. The molecule has 2 rings (SSSR count). The van der Waals surface area contributed by atoms with E-state index in [0.29, 0.717) is 18.7 Å². The van der Waals surface area contributed by atoms with Crippen molar-refractivity contribution in [2.75, 3.05) is 39.8 Å². The van der Waals surface area contributed by atoms with Crippen molar-refractivity contribution in [2.24, 2.45) is 0 Å². The van der Waals surface area contributed by atoms with Crippen molar-refractivity contribution < 1.29 is 14.3 Å². The number of rotatable bonds is 5. The smallest absolute Gasteiger partial charge is 0.251 e. The Balaban J connectivity index is 1.67. The third-order valence-corrected chi connectivity index (χ3v) is 3.31. The third kappa shape index (κ3) is 5.17. The van der Waals surface area contributed by atoms with Gasteiger partial charge in [-0.2, -0.15) is 0 Å². The zero-order valence-corrected chi connectivity index (χ0v) is 12.2. The molecule has 0 saturated carbocycles. The van der Waals surface area contributed by atoms with Crippen LogP contribution < -0.4 is 10.6 Å². The molecule has 0 radical (unpaired) electrons. The number of carbonyl (C=O) groups excluding carboxylic acids is 2. The SMILES string of the molecule is CN1CCOC(CNC(=O)CNC(=O)c2ccccc2)C1. The number of hydrogen-bond donors (Lipinski definition) is 2. The molecule has 114 valence electrons. The normalized spacial score (nSPS) is 19.0. The number of hydrogen-bond acceptors (Lipinski definition) is 4. The zero-order valence-electron chi connectivity index (χ0n) is 12.2. The van der Waals surface area contributed by atoms with Gasteiger partial charge in [-0.25, -0.2) is 0 Å². The number of ether oxygens (including phenoxy) is 1. The van der Waals surface area contributed by atoms with Crippen LogP contribution in [0.4, 0.5) is 0 Å². The summed E-state index contributed by atoms with van der Waals surface area (Å²) in [6.07, 6.45) is 0.0116. The van der Waals surface area contributed by atoms with E-state index in [2.05, 4.69) is 15.5 Å². The highest BCUT2D eigenvalue weighted by atomic mass is 16.5. The van der Waals surface area contributed by atoms with Crippen LogP contribution in [-0.2, 0) is 9.53 Å². The summed E-state index contributed by atoms with van der Waals surface area (Å²) in [4.78, 5) is 25.6. The summed E-state index contributed by atoms with van der Waals surface area (Å²) in [5, 5.41) is 5.37. The number of likely N-dealkylation sites (N-methyl/N-ethyl adjacent to an activating group) is 1. The van der Waals surface area contributed by atoms with E-state index in [9.17, 15) is 9.59 Å². The molecule has 0 aromatic heterocycles. The van der Waals surface area contributed by atoms with Crippen LogP contribution in [0, 0.1) is 0 Å². The fourth-order valence-corrected chi connectivity index (χ4v) is 2.13. The molecule has 2 N–H and O–H groups in total. The van der Waals surface area contributed by atoms with Gasteiger partial charge in [0.1, 0.15) is 0 Å². The van der Waals surface area contributed by atoms with E-state index in [1.165, 1.54) is 0 Å². The van der Waals surface area contributed by atoms with Crippen molar-refractivity contribution in [1.29, 1.82) is 0 Å². The average Bonchev–Trinajstić information content (AvgIpc) is 2.51. The van der Waals surface area contributed by atoms with Gasteiger partial charge >= 0.3 is 0 Å². The summed E-state index contributed by atoms with van der Waals surface area (Å²) in [6, 6.07) is 8.82. The second kappa shape index (κ2) is 7.75. The van der Waals surface area contributed by atoms with Gasteiger partial charge in [-0.05, 0) is 19.2 Å². The molecule has 1 atom stereocenters. The number of amides is 2. The summed E-state index contributed by atoms with van der Waals surface area (Å²) >= 11 is 0. The molecule has 1 aliphatic rings. The van der Waals surface area contributed by atoms with E-state index < -0.39 is 0 Å². The van der Waals surface area contributed by atoms with Gasteiger partial charge in [-0.1, -0.05) is 18.2 Å². The first-order valence-corrected chi connectivity index (χ1v) is 7.05. The van der Waals surface area contributed by atoms with Crippen molar-refractivity contribution in [3.8, 4) is 0 Å². The predicted octanol–water partition coefficient (Wildman–Crippen LogP) is -0.137. The Morgan fingerprint density at radius 3 is 2.76 bits per heavy atom. The molecule has 0 bridgehead atoms. The zero-order chi connectivity index (χ0) is 15.1. The maximum atomic E-state index is 11.8. The summed E-state index contributed by atoms with van der Waals surface area (Å²) in [6.45, 7) is 2.83. The van der Waals surface area contributed by atoms with E-state index in [1.807, 2.05) is 13.1 Å². The van der Waals surface area contributed by atoms with Crippen LogP contribution in [0.25, 0.3) is 0 Å². The number of benzene rings is 1. The lowest BCUT2D eigenvalue weighted by Gasteiger charge is -2.30. The van der Waals surface area contributed by atoms with Gasteiger partial charge in [0.05, 0.1) is 19.3 Å². The van der Waals surface area contributed by atoms with Crippen molar-refractivity contribution >= 4 is 11.8 Å². The maximum Gasteiger partial charge on any atom is 0.251 e. The monoisotopic (exact) mass is 291 g/mol. The van der Waals surface area contributed by atoms with Crippen molar-refractivity contribution in [3.05, 3.63) is 35.9 Å². The van der Waals surface area contributed by atoms with Crippen LogP contribution in [0.1, 0.15) is 10.4 Å². The largest absolute Gasteiger partial charge is 0.374 e. The number of morpholine rings is 1. The Morgan fingerprint density at radius 2 is 2.05 bits per heavy atom. The summed E-state index contributed by atoms with van der Waals surface area (Å²) in [7, 11) is 2.03. The first kappa shape index (κ1) is 15.5. The quantitative estimate of drug-likeness (QED) is 0.792. The van der Waals surface area contributed by atoms with Gasteiger partial charge in [-0.3, -0.25) is 9.59 Å². The van der Waals surface area contributed by atoms with E-state index in [0.717, 1.165) is 13.1 Å². The second-order valence-electron chi connectivity index (χ2n) is 5.11. The first-order chi connectivity index (χ1) is 10.1. The predicted molar refractivity (Wildman–Crippen MR) is 79.0 cm³/mol. The molecule has 1 unspecified atom stereocenters. The van der Waals surface area contributed by atoms with Gasteiger partial charge in [0.15, 0.2) is 0 Å². The van der Waals surface area contributed by atoms with Gasteiger partial charge in [0.2, 0.25) is 5.91 Å². The lowest BCUT2D eigenvalue weighted by Crippen LogP contribution is -2.47. The molecule has 0 aliphatic carbocycles. The Morgan fingerprint density at radius 1 is 1.29 bits per heavy atom. The molecule has 6 nitrogen and oxygen atoms in total. The molecule has 1 aromatic rings. The number of nitrogens with zero attached hydrogens (tertiary/aromatic N) is 1. The molecule has 2 amide bonds. The molecule has 1 aliphatic heterocycles. The van der Waals surface area contributed by atoms with Crippen molar-refractivity contribution in [3.63, 3.8) is 0 Å². The van der Waals surface area contributed by atoms with Gasteiger partial charge in [0.25, 0.3) is 5.91 Å². The molecule has 6 heteroatoms. The molecule has 21 heavy (non-hydrogen) atoms. The van der Waals surface area contributed by atoms with Crippen LogP contribution in [0.5, 0.6) is 0 Å². The van der Waals surface area contributed by atoms with E-state index in [1.54, 1.807) is 24.3 Å². The van der Waals surface area contributed by atoms with Crippen LogP contribution >= 0.6 is 0 Å². The Bertz CT molecular complexity index is 478. The van der Waals surface area contributed by atoms with Crippen LogP contribution in [-0.4, -0.2) is 62.7 Å².